The van der Waals surface area contributed by atoms with Gasteiger partial charge in [-0.05, 0) is 49.9 Å². The highest BCUT2D eigenvalue weighted by Crippen LogP contribution is 2.60. The van der Waals surface area contributed by atoms with Gasteiger partial charge in [0.2, 0.25) is 0 Å². The Hall–Kier alpha value is -1.75. The van der Waals surface area contributed by atoms with E-state index in [-0.39, 0.29) is 29.6 Å². The number of fused-ring (bicyclic) bond motifs is 1. The third kappa shape index (κ3) is 2.69. The van der Waals surface area contributed by atoms with E-state index in [1.165, 1.54) is 0 Å². The van der Waals surface area contributed by atoms with E-state index in [4.69, 9.17) is 4.74 Å². The van der Waals surface area contributed by atoms with E-state index in [1.807, 2.05) is 0 Å². The number of ketones is 1. The van der Waals surface area contributed by atoms with Gasteiger partial charge >= 0.3 is 5.97 Å². The summed E-state index contributed by atoms with van der Waals surface area (Å²) in [5.74, 6) is -0.378. The summed E-state index contributed by atoms with van der Waals surface area (Å²) in [6.45, 7) is 8.15. The van der Waals surface area contributed by atoms with E-state index in [9.17, 15) is 19.5 Å². The fraction of sp³-hybridized carbons (Fsp3) is 0.650. The number of cyclic esters (lactones) is 1. The van der Waals surface area contributed by atoms with Crippen LogP contribution in [0.2, 0.25) is 0 Å². The third-order valence-corrected chi connectivity index (χ3v) is 6.84. The van der Waals surface area contributed by atoms with Crippen molar-refractivity contribution in [1.82, 2.24) is 0 Å². The van der Waals surface area contributed by atoms with E-state index in [0.717, 1.165) is 31.1 Å². The van der Waals surface area contributed by atoms with Crippen LogP contribution in [0.4, 0.5) is 0 Å². The molecular weight excluding hydrogens is 320 g/mol. The van der Waals surface area contributed by atoms with Crippen LogP contribution in [0.15, 0.2) is 23.8 Å². The largest absolute Gasteiger partial charge is 0.459 e. The molecule has 5 heteroatoms. The van der Waals surface area contributed by atoms with Crippen molar-refractivity contribution in [2.45, 2.75) is 52.1 Å². The fourth-order valence-electron chi connectivity index (χ4n) is 5.23. The lowest BCUT2D eigenvalue weighted by Crippen LogP contribution is -2.55. The summed E-state index contributed by atoms with van der Waals surface area (Å²) < 4.78 is 4.87. The molecule has 1 heterocycles. The van der Waals surface area contributed by atoms with E-state index in [2.05, 4.69) is 13.5 Å². The van der Waals surface area contributed by atoms with Crippen LogP contribution in [-0.4, -0.2) is 35.9 Å². The Labute approximate surface area is 148 Å². The number of esters is 1. The number of Topliss-reactive ketones (excluding diaryl/α,β-unsaturated/α-hetero) is 1. The zero-order valence-electron chi connectivity index (χ0n) is 14.9. The molecule has 3 rings (SSSR count). The first-order chi connectivity index (χ1) is 11.7. The molecule has 2 saturated carbocycles. The molecule has 5 atom stereocenters. The Balaban J connectivity index is 1.92. The molecule has 2 aliphatic carbocycles. The average molecular weight is 346 g/mol. The molecule has 5 nitrogen and oxygen atoms in total. The predicted molar refractivity (Wildman–Crippen MR) is 91.5 cm³/mol. The monoisotopic (exact) mass is 346 g/mol. The maximum absolute atomic E-state index is 12.4. The molecule has 0 spiro atoms. The third-order valence-electron chi connectivity index (χ3n) is 6.84. The second-order valence-corrected chi connectivity index (χ2v) is 8.14. The van der Waals surface area contributed by atoms with Crippen molar-refractivity contribution in [2.75, 3.05) is 6.61 Å². The lowest BCUT2D eigenvalue weighted by Gasteiger charge is -2.56. The zero-order chi connectivity index (χ0) is 18.4. The Kier molecular flexibility index (Phi) is 4.48. The van der Waals surface area contributed by atoms with Crippen LogP contribution in [-0.2, 0) is 19.1 Å². The van der Waals surface area contributed by atoms with Crippen molar-refractivity contribution in [3.63, 3.8) is 0 Å². The van der Waals surface area contributed by atoms with Crippen molar-refractivity contribution in [3.05, 3.63) is 23.8 Å². The molecule has 3 aliphatic rings. The quantitative estimate of drug-likeness (QED) is 0.279. The van der Waals surface area contributed by atoms with Crippen LogP contribution in [0.25, 0.3) is 0 Å². The molecule has 1 unspecified atom stereocenters. The maximum Gasteiger partial charge on any atom is 0.336 e. The average Bonchev–Trinajstić information content (AvgIpc) is 2.89. The summed E-state index contributed by atoms with van der Waals surface area (Å²) in [6.07, 6.45) is 4.97. The summed E-state index contributed by atoms with van der Waals surface area (Å²) in [4.78, 5) is 35.9. The Morgan fingerprint density at radius 2 is 2.04 bits per heavy atom. The SMILES string of the molecule is C=C1CCC2[C@](C)(C=O)C(=O)CC[C@@]2(C)[C@@H]1C/C=C1/C(=O)OC[C@H]1O. The van der Waals surface area contributed by atoms with Crippen molar-refractivity contribution in [2.24, 2.45) is 22.7 Å². The van der Waals surface area contributed by atoms with Gasteiger partial charge in [-0.25, -0.2) is 4.79 Å². The number of aldehydes is 1. The van der Waals surface area contributed by atoms with Crippen LogP contribution >= 0.6 is 0 Å². The molecule has 0 aromatic rings. The van der Waals surface area contributed by atoms with Gasteiger partial charge in [-0.1, -0.05) is 25.2 Å². The number of rotatable bonds is 3. The summed E-state index contributed by atoms with van der Waals surface area (Å²) in [5.41, 5.74) is 0.247. The van der Waals surface area contributed by atoms with E-state index in [0.29, 0.717) is 18.4 Å². The fourth-order valence-corrected chi connectivity index (χ4v) is 5.23. The maximum atomic E-state index is 12.4. The second-order valence-electron chi connectivity index (χ2n) is 8.14. The minimum Gasteiger partial charge on any atom is -0.459 e. The van der Waals surface area contributed by atoms with Gasteiger partial charge in [-0.3, -0.25) is 4.79 Å². The van der Waals surface area contributed by atoms with Gasteiger partial charge in [0.05, 0.1) is 11.0 Å². The highest BCUT2D eigenvalue weighted by Gasteiger charge is 2.57. The summed E-state index contributed by atoms with van der Waals surface area (Å²) in [6, 6.07) is 0. The number of hydrogen-bond acceptors (Lipinski definition) is 5. The van der Waals surface area contributed by atoms with Crippen molar-refractivity contribution >= 4 is 18.0 Å². The number of allylic oxidation sites excluding steroid dienone is 2. The summed E-state index contributed by atoms with van der Waals surface area (Å²) in [5, 5.41) is 9.88. The van der Waals surface area contributed by atoms with Gasteiger partial charge in [0, 0.05) is 6.42 Å². The lowest BCUT2D eigenvalue weighted by atomic mass is 9.46. The first kappa shape index (κ1) is 18.1. The minimum atomic E-state index is -0.940. The highest BCUT2D eigenvalue weighted by molar-refractivity contribution is 5.99. The highest BCUT2D eigenvalue weighted by atomic mass is 16.6. The number of hydrogen-bond donors (Lipinski definition) is 1. The standard InChI is InChI=1S/C20H26O5/c1-12-4-7-16-19(2,9-8-17(23)20(16,3)11-21)14(12)6-5-13-15(22)10-25-18(13)24/h5,11,14-16,22H,1,4,6-10H2,2-3H3/b13-5+/t14-,15-,16?,19+,20+/m1/s1. The Morgan fingerprint density at radius 3 is 2.64 bits per heavy atom. The first-order valence-corrected chi connectivity index (χ1v) is 8.96. The number of carbonyl (C=O) groups is 3. The van der Waals surface area contributed by atoms with E-state index >= 15 is 0 Å². The summed E-state index contributed by atoms with van der Waals surface area (Å²) in [7, 11) is 0. The topological polar surface area (TPSA) is 80.7 Å². The van der Waals surface area contributed by atoms with Crippen molar-refractivity contribution in [1.29, 1.82) is 0 Å². The second kappa shape index (κ2) is 6.20. The lowest BCUT2D eigenvalue weighted by molar-refractivity contribution is -0.151. The summed E-state index contributed by atoms with van der Waals surface area (Å²) >= 11 is 0. The van der Waals surface area contributed by atoms with Crippen LogP contribution < -0.4 is 0 Å². The molecule has 1 N–H and O–H groups in total. The number of aliphatic hydroxyl groups is 1. The minimum absolute atomic E-state index is 0.00782. The first-order valence-electron chi connectivity index (χ1n) is 8.96. The molecule has 0 aromatic heterocycles. The normalized spacial score (nSPS) is 43.1. The number of carbonyl (C=O) groups excluding carboxylic acids is 3. The van der Waals surface area contributed by atoms with Crippen LogP contribution in [0, 0.1) is 22.7 Å². The molecule has 25 heavy (non-hydrogen) atoms. The molecule has 0 amide bonds. The smallest absolute Gasteiger partial charge is 0.336 e. The van der Waals surface area contributed by atoms with Gasteiger partial charge in [0.1, 0.15) is 24.8 Å². The van der Waals surface area contributed by atoms with Gasteiger partial charge < -0.3 is 14.6 Å². The van der Waals surface area contributed by atoms with Gasteiger partial charge in [0.25, 0.3) is 0 Å². The molecular formula is C20H26O5. The molecule has 3 fully saturated rings. The molecule has 0 aromatic carbocycles. The van der Waals surface area contributed by atoms with Gasteiger partial charge in [-0.15, -0.1) is 0 Å². The number of aliphatic hydroxyl groups excluding tert-OH is 1. The van der Waals surface area contributed by atoms with Crippen LogP contribution in [0.1, 0.15) is 46.0 Å². The number of ether oxygens (including phenoxy) is 1. The predicted octanol–water partition coefficient (Wildman–Crippen LogP) is 2.38. The van der Waals surface area contributed by atoms with Crippen LogP contribution in [0.3, 0.4) is 0 Å². The van der Waals surface area contributed by atoms with Crippen molar-refractivity contribution in [3.8, 4) is 0 Å². The molecule has 136 valence electrons. The van der Waals surface area contributed by atoms with Crippen molar-refractivity contribution < 1.29 is 24.2 Å². The van der Waals surface area contributed by atoms with Gasteiger partial charge in [-0.2, -0.15) is 0 Å². The molecule has 0 bridgehead atoms. The van der Waals surface area contributed by atoms with Gasteiger partial charge in [0.15, 0.2) is 0 Å². The Bertz CT molecular complexity index is 663. The van der Waals surface area contributed by atoms with E-state index < -0.39 is 17.5 Å². The Morgan fingerprint density at radius 1 is 1.32 bits per heavy atom. The molecule has 1 aliphatic heterocycles. The zero-order valence-corrected chi connectivity index (χ0v) is 14.9. The van der Waals surface area contributed by atoms with Crippen LogP contribution in [0.5, 0.6) is 0 Å². The molecule has 0 radical (unpaired) electrons. The van der Waals surface area contributed by atoms with E-state index in [1.54, 1.807) is 13.0 Å². The molecule has 1 saturated heterocycles.